The smallest absolute Gasteiger partial charge is 0.341 e. The number of anilines is 1. The van der Waals surface area contributed by atoms with Crippen molar-refractivity contribution in [3.63, 3.8) is 0 Å². The molecule has 2 N–H and O–H groups in total. The number of rotatable bonds is 7. The molecule has 0 bridgehead atoms. The summed E-state index contributed by atoms with van der Waals surface area (Å²) in [6.45, 7) is 5.19. The number of carboxylic acid groups (broad SMARTS) is 1. The van der Waals surface area contributed by atoms with E-state index in [4.69, 9.17) is 14.6 Å². The van der Waals surface area contributed by atoms with E-state index >= 15 is 0 Å². The summed E-state index contributed by atoms with van der Waals surface area (Å²) in [6, 6.07) is 7.33. The van der Waals surface area contributed by atoms with Gasteiger partial charge in [-0.3, -0.25) is 14.9 Å². The van der Waals surface area contributed by atoms with E-state index in [1.54, 1.807) is 31.2 Å². The molecule has 0 radical (unpaired) electrons. The van der Waals surface area contributed by atoms with Gasteiger partial charge >= 0.3 is 12.0 Å². The molecule has 2 aromatic rings. The Morgan fingerprint density at radius 2 is 1.85 bits per heavy atom. The highest BCUT2D eigenvalue weighted by atomic mass is 79.9. The minimum Gasteiger partial charge on any atom is -0.490 e. The molecule has 1 aliphatic heterocycles. The van der Waals surface area contributed by atoms with Gasteiger partial charge in [0.05, 0.1) is 16.8 Å². The molecular formula is C23H21BrN2O7. The van der Waals surface area contributed by atoms with Gasteiger partial charge in [0.25, 0.3) is 11.8 Å². The molecule has 0 unspecified atom stereocenters. The van der Waals surface area contributed by atoms with Crippen LogP contribution in [0.5, 0.6) is 11.5 Å². The Hall–Kier alpha value is -3.66. The number of aryl methyl sites for hydroxylation is 2. The lowest BCUT2D eigenvalue weighted by Crippen LogP contribution is -2.54. The summed E-state index contributed by atoms with van der Waals surface area (Å²) in [4.78, 5) is 49.8. The fraction of sp³-hybridized carbons (Fsp3) is 0.217. The van der Waals surface area contributed by atoms with E-state index in [0.29, 0.717) is 15.7 Å². The minimum absolute atomic E-state index is 0.174. The molecule has 1 fully saturated rings. The number of hydrogen-bond donors (Lipinski definition) is 2. The van der Waals surface area contributed by atoms with Crippen LogP contribution in [0.25, 0.3) is 6.08 Å². The highest BCUT2D eigenvalue weighted by Crippen LogP contribution is 2.38. The number of nitrogens with zero attached hydrogens (tertiary/aromatic N) is 1. The Morgan fingerprint density at radius 3 is 2.48 bits per heavy atom. The number of hydrogen-bond acceptors (Lipinski definition) is 6. The molecule has 0 saturated carbocycles. The number of halogens is 1. The van der Waals surface area contributed by atoms with Crippen LogP contribution in [-0.4, -0.2) is 42.1 Å². The van der Waals surface area contributed by atoms with Gasteiger partial charge in [0.15, 0.2) is 18.1 Å². The van der Waals surface area contributed by atoms with Crippen LogP contribution in [0.3, 0.4) is 0 Å². The summed E-state index contributed by atoms with van der Waals surface area (Å²) in [6.07, 6.45) is 1.33. The monoisotopic (exact) mass is 516 g/mol. The van der Waals surface area contributed by atoms with Crippen molar-refractivity contribution >= 4 is 51.5 Å². The summed E-state index contributed by atoms with van der Waals surface area (Å²) in [7, 11) is 0. The number of urea groups is 1. The van der Waals surface area contributed by atoms with Crippen LogP contribution in [0.1, 0.15) is 23.6 Å². The number of aliphatic carboxylic acids is 1. The Morgan fingerprint density at radius 1 is 1.12 bits per heavy atom. The lowest BCUT2D eigenvalue weighted by atomic mass is 10.0. The minimum atomic E-state index is -1.16. The first-order valence-corrected chi connectivity index (χ1v) is 10.7. The van der Waals surface area contributed by atoms with Crippen molar-refractivity contribution in [1.29, 1.82) is 0 Å². The summed E-state index contributed by atoms with van der Waals surface area (Å²) in [5, 5.41) is 11.1. The first-order valence-electron chi connectivity index (χ1n) is 9.92. The molecule has 1 aliphatic rings. The van der Waals surface area contributed by atoms with Crippen molar-refractivity contribution in [2.24, 2.45) is 0 Å². The normalized spacial score (nSPS) is 15.0. The predicted molar refractivity (Wildman–Crippen MR) is 123 cm³/mol. The van der Waals surface area contributed by atoms with Gasteiger partial charge in [-0.25, -0.2) is 14.5 Å². The number of carbonyl (C=O) groups excluding carboxylic acids is 3. The zero-order chi connectivity index (χ0) is 24.3. The van der Waals surface area contributed by atoms with Crippen LogP contribution < -0.4 is 19.7 Å². The Kier molecular flexibility index (Phi) is 7.17. The quantitative estimate of drug-likeness (QED) is 0.425. The number of barbiturate groups is 1. The van der Waals surface area contributed by atoms with E-state index < -0.39 is 30.4 Å². The van der Waals surface area contributed by atoms with Crippen molar-refractivity contribution in [3.8, 4) is 11.5 Å². The lowest BCUT2D eigenvalue weighted by molar-refractivity contribution is -0.139. The molecular weight excluding hydrogens is 496 g/mol. The van der Waals surface area contributed by atoms with Gasteiger partial charge in [-0.15, -0.1) is 0 Å². The Labute approximate surface area is 198 Å². The zero-order valence-corrected chi connectivity index (χ0v) is 19.7. The number of benzene rings is 2. The molecule has 2 aromatic carbocycles. The van der Waals surface area contributed by atoms with Gasteiger partial charge in [0.2, 0.25) is 0 Å². The Balaban J connectivity index is 2.02. The molecule has 0 aromatic heterocycles. The van der Waals surface area contributed by atoms with Gasteiger partial charge in [0, 0.05) is 0 Å². The van der Waals surface area contributed by atoms with Crippen molar-refractivity contribution < 1.29 is 33.8 Å². The molecule has 10 heteroatoms. The van der Waals surface area contributed by atoms with E-state index in [9.17, 15) is 19.2 Å². The summed E-state index contributed by atoms with van der Waals surface area (Å²) < 4.78 is 11.2. The van der Waals surface area contributed by atoms with E-state index in [2.05, 4.69) is 21.2 Å². The van der Waals surface area contributed by atoms with Crippen LogP contribution in [0.15, 0.2) is 40.4 Å². The Bertz CT molecular complexity index is 1190. The molecule has 3 rings (SSSR count). The lowest BCUT2D eigenvalue weighted by Gasteiger charge is -2.27. The number of amides is 4. The number of carbonyl (C=O) groups is 4. The second-order valence-corrected chi connectivity index (χ2v) is 8.03. The maximum atomic E-state index is 13.1. The van der Waals surface area contributed by atoms with Crippen molar-refractivity contribution in [3.05, 3.63) is 57.1 Å². The fourth-order valence-corrected chi connectivity index (χ4v) is 3.71. The standard InChI is InChI=1S/C23H21BrN2O7/c1-4-32-18-10-14(9-17(24)20(18)33-11-19(27)28)8-16-21(29)25-23(31)26(22(16)30)15-6-5-12(2)13(3)7-15/h5-10H,4,11H2,1-3H3,(H,27,28)(H,25,29,31)/b16-8+. The topological polar surface area (TPSA) is 122 Å². The van der Waals surface area contributed by atoms with Gasteiger partial charge in [-0.05, 0) is 83.7 Å². The summed E-state index contributed by atoms with van der Waals surface area (Å²) in [5.74, 6) is -2.35. The van der Waals surface area contributed by atoms with Crippen LogP contribution in [-0.2, 0) is 14.4 Å². The second kappa shape index (κ2) is 9.86. The van der Waals surface area contributed by atoms with Gasteiger partial charge in [-0.2, -0.15) is 0 Å². The predicted octanol–water partition coefficient (Wildman–Crippen LogP) is 3.59. The van der Waals surface area contributed by atoms with Gasteiger partial charge in [-0.1, -0.05) is 6.07 Å². The highest BCUT2D eigenvalue weighted by Gasteiger charge is 2.37. The summed E-state index contributed by atoms with van der Waals surface area (Å²) in [5.41, 5.74) is 2.38. The van der Waals surface area contributed by atoms with Crippen molar-refractivity contribution in [2.45, 2.75) is 20.8 Å². The molecule has 0 spiro atoms. The largest absolute Gasteiger partial charge is 0.490 e. The third-order valence-electron chi connectivity index (χ3n) is 4.83. The van der Waals surface area contributed by atoms with Gasteiger partial charge in [0.1, 0.15) is 5.57 Å². The van der Waals surface area contributed by atoms with Crippen molar-refractivity contribution in [1.82, 2.24) is 5.32 Å². The molecule has 9 nitrogen and oxygen atoms in total. The van der Waals surface area contributed by atoms with Crippen LogP contribution in [0.4, 0.5) is 10.5 Å². The van der Waals surface area contributed by atoms with E-state index in [1.165, 1.54) is 12.1 Å². The second-order valence-electron chi connectivity index (χ2n) is 7.17. The summed E-state index contributed by atoms with van der Waals surface area (Å²) >= 11 is 3.31. The maximum absolute atomic E-state index is 13.1. The van der Waals surface area contributed by atoms with Crippen LogP contribution in [0.2, 0.25) is 0 Å². The number of imide groups is 2. The number of carboxylic acids is 1. The highest BCUT2D eigenvalue weighted by molar-refractivity contribution is 9.10. The maximum Gasteiger partial charge on any atom is 0.341 e. The van der Waals surface area contributed by atoms with E-state index in [0.717, 1.165) is 16.0 Å². The molecule has 1 heterocycles. The molecule has 33 heavy (non-hydrogen) atoms. The average Bonchev–Trinajstić information content (AvgIpc) is 2.73. The van der Waals surface area contributed by atoms with Crippen LogP contribution >= 0.6 is 15.9 Å². The average molecular weight is 517 g/mol. The first kappa shape index (κ1) is 24.0. The van der Waals surface area contributed by atoms with Gasteiger partial charge < -0.3 is 14.6 Å². The number of nitrogens with one attached hydrogen (secondary N) is 1. The fourth-order valence-electron chi connectivity index (χ4n) is 3.13. The third-order valence-corrected chi connectivity index (χ3v) is 5.42. The molecule has 0 aliphatic carbocycles. The zero-order valence-electron chi connectivity index (χ0n) is 18.1. The molecule has 1 saturated heterocycles. The molecule has 4 amide bonds. The van der Waals surface area contributed by atoms with E-state index in [-0.39, 0.29) is 23.7 Å². The van der Waals surface area contributed by atoms with Crippen LogP contribution in [0, 0.1) is 13.8 Å². The number of ether oxygens (including phenoxy) is 2. The third kappa shape index (κ3) is 5.23. The molecule has 0 atom stereocenters. The van der Waals surface area contributed by atoms with E-state index in [1.807, 2.05) is 13.8 Å². The molecule has 172 valence electrons. The van der Waals surface area contributed by atoms with Crippen molar-refractivity contribution in [2.75, 3.05) is 18.1 Å². The SMILES string of the molecule is CCOc1cc(/C=C2\C(=O)NC(=O)N(c3ccc(C)c(C)c3)C2=O)cc(Br)c1OCC(=O)O. The first-order chi connectivity index (χ1) is 15.6.